The highest BCUT2D eigenvalue weighted by Crippen LogP contribution is 2.31. The molecule has 154 valence electrons. The van der Waals surface area contributed by atoms with Gasteiger partial charge in [0.25, 0.3) is 5.69 Å². The van der Waals surface area contributed by atoms with E-state index in [4.69, 9.17) is 9.15 Å². The summed E-state index contributed by atoms with van der Waals surface area (Å²) in [4.78, 5) is 37.4. The van der Waals surface area contributed by atoms with E-state index in [1.165, 1.54) is 6.07 Å². The summed E-state index contributed by atoms with van der Waals surface area (Å²) in [7, 11) is 0. The number of piperidine rings is 1. The maximum atomic E-state index is 12.4. The number of nitro groups is 1. The Morgan fingerprint density at radius 3 is 2.53 bits per heavy atom. The molecule has 0 amide bonds. The standard InChI is InChI=1S/C22H20N2O6/c25-19(21-13-16-5-1-4-8-20(16)30-21)14-29-22(26)15-9-11-23(12-10-15)17-6-2-3-7-18(17)24(27)28/h1-8,13,15H,9-12,14H2. The molecule has 2 aromatic carbocycles. The van der Waals surface area contributed by atoms with E-state index in [2.05, 4.69) is 0 Å². The SMILES string of the molecule is O=C(COC(=O)C1CCN(c2ccccc2[N+](=O)[O-])CC1)c1cc2ccccc2o1. The molecule has 0 bridgehead atoms. The number of benzene rings is 2. The fourth-order valence-corrected chi connectivity index (χ4v) is 3.69. The van der Waals surface area contributed by atoms with Crippen molar-refractivity contribution >= 4 is 34.1 Å². The minimum Gasteiger partial charge on any atom is -0.457 e. The third kappa shape index (κ3) is 4.03. The van der Waals surface area contributed by atoms with Gasteiger partial charge in [0.05, 0.1) is 10.8 Å². The fourth-order valence-electron chi connectivity index (χ4n) is 3.69. The van der Waals surface area contributed by atoms with Crippen molar-refractivity contribution in [3.05, 3.63) is 70.5 Å². The number of furan rings is 1. The number of hydrogen-bond donors (Lipinski definition) is 0. The number of ketones is 1. The minimum atomic E-state index is -0.429. The van der Waals surface area contributed by atoms with Crippen molar-refractivity contribution in [2.75, 3.05) is 24.6 Å². The molecule has 0 unspecified atom stereocenters. The zero-order valence-electron chi connectivity index (χ0n) is 16.2. The zero-order valence-corrected chi connectivity index (χ0v) is 16.2. The third-order valence-corrected chi connectivity index (χ3v) is 5.29. The monoisotopic (exact) mass is 408 g/mol. The first-order valence-corrected chi connectivity index (χ1v) is 9.69. The van der Waals surface area contributed by atoms with Crippen LogP contribution in [-0.2, 0) is 9.53 Å². The summed E-state index contributed by atoms with van der Waals surface area (Å²) in [6, 6.07) is 15.5. The molecule has 30 heavy (non-hydrogen) atoms. The lowest BCUT2D eigenvalue weighted by Crippen LogP contribution is -2.37. The van der Waals surface area contributed by atoms with Crippen LogP contribution in [0.3, 0.4) is 0 Å². The van der Waals surface area contributed by atoms with E-state index in [-0.39, 0.29) is 24.0 Å². The maximum Gasteiger partial charge on any atom is 0.309 e. The minimum absolute atomic E-state index is 0.0509. The molecule has 8 heteroatoms. The van der Waals surface area contributed by atoms with E-state index in [0.717, 1.165) is 5.39 Å². The molecule has 1 saturated heterocycles. The highest BCUT2D eigenvalue weighted by atomic mass is 16.6. The van der Waals surface area contributed by atoms with Crippen molar-refractivity contribution in [2.45, 2.75) is 12.8 Å². The van der Waals surface area contributed by atoms with Gasteiger partial charge in [-0.05, 0) is 31.0 Å². The second-order valence-electron chi connectivity index (χ2n) is 7.19. The van der Waals surface area contributed by atoms with Crippen molar-refractivity contribution in [3.8, 4) is 0 Å². The summed E-state index contributed by atoms with van der Waals surface area (Å²) in [5.74, 6) is -0.999. The number of ether oxygens (including phenoxy) is 1. The fraction of sp³-hybridized carbons (Fsp3) is 0.273. The summed E-state index contributed by atoms with van der Waals surface area (Å²) in [6.07, 6.45) is 1.01. The number of hydrogen-bond acceptors (Lipinski definition) is 7. The molecule has 0 spiro atoms. The number of rotatable bonds is 6. The van der Waals surface area contributed by atoms with Crippen LogP contribution in [0.15, 0.2) is 59.0 Å². The first-order chi connectivity index (χ1) is 14.5. The van der Waals surface area contributed by atoms with Gasteiger partial charge in [-0.3, -0.25) is 19.7 Å². The quantitative estimate of drug-likeness (QED) is 0.263. The second-order valence-corrected chi connectivity index (χ2v) is 7.19. The van der Waals surface area contributed by atoms with E-state index >= 15 is 0 Å². The van der Waals surface area contributed by atoms with Crippen LogP contribution in [0.5, 0.6) is 0 Å². The summed E-state index contributed by atoms with van der Waals surface area (Å²) in [5.41, 5.74) is 1.21. The van der Waals surface area contributed by atoms with E-state index in [0.29, 0.717) is 37.2 Å². The molecule has 1 aromatic heterocycles. The van der Waals surface area contributed by atoms with E-state index in [1.807, 2.05) is 23.1 Å². The predicted octanol–water partition coefficient (Wildman–Crippen LogP) is 3.98. The molecule has 0 radical (unpaired) electrons. The predicted molar refractivity (Wildman–Crippen MR) is 110 cm³/mol. The molecule has 1 fully saturated rings. The summed E-state index contributed by atoms with van der Waals surface area (Å²) < 4.78 is 10.7. The van der Waals surface area contributed by atoms with Gasteiger partial charge in [-0.15, -0.1) is 0 Å². The molecule has 0 N–H and O–H groups in total. The van der Waals surface area contributed by atoms with Gasteiger partial charge in [0.15, 0.2) is 12.4 Å². The van der Waals surface area contributed by atoms with Crippen LogP contribution in [0.2, 0.25) is 0 Å². The topological polar surface area (TPSA) is 103 Å². The number of carbonyl (C=O) groups excluding carboxylic acids is 2. The molecule has 1 aliphatic heterocycles. The van der Waals surface area contributed by atoms with Crippen LogP contribution in [0.1, 0.15) is 23.4 Å². The molecule has 0 aliphatic carbocycles. The number of carbonyl (C=O) groups is 2. The Balaban J connectivity index is 1.31. The summed E-state index contributed by atoms with van der Waals surface area (Å²) >= 11 is 0. The highest BCUT2D eigenvalue weighted by Gasteiger charge is 2.29. The van der Waals surface area contributed by atoms with Crippen LogP contribution >= 0.6 is 0 Å². The molecule has 2 heterocycles. The van der Waals surface area contributed by atoms with E-state index in [1.54, 1.807) is 30.3 Å². The molecule has 8 nitrogen and oxygen atoms in total. The average Bonchev–Trinajstić information content (AvgIpc) is 3.22. The van der Waals surface area contributed by atoms with Crippen molar-refractivity contribution in [3.63, 3.8) is 0 Å². The van der Waals surface area contributed by atoms with E-state index < -0.39 is 16.7 Å². The van der Waals surface area contributed by atoms with Gasteiger partial charge in [-0.2, -0.15) is 0 Å². The van der Waals surface area contributed by atoms with Crippen LogP contribution < -0.4 is 4.90 Å². The van der Waals surface area contributed by atoms with Gasteiger partial charge in [0, 0.05) is 24.5 Å². The van der Waals surface area contributed by atoms with Gasteiger partial charge >= 0.3 is 5.97 Å². The van der Waals surface area contributed by atoms with Crippen LogP contribution in [0, 0.1) is 16.0 Å². The highest BCUT2D eigenvalue weighted by molar-refractivity contribution is 5.99. The molecular weight excluding hydrogens is 388 g/mol. The molecular formula is C22H20N2O6. The van der Waals surface area contributed by atoms with Gasteiger partial charge in [-0.25, -0.2) is 0 Å². The molecule has 3 aromatic rings. The molecule has 1 aliphatic rings. The van der Waals surface area contributed by atoms with Crippen LogP contribution in [0.25, 0.3) is 11.0 Å². The lowest BCUT2D eigenvalue weighted by atomic mass is 9.96. The Bertz CT molecular complexity index is 1060. The third-order valence-electron chi connectivity index (χ3n) is 5.29. The Morgan fingerprint density at radius 1 is 1.10 bits per heavy atom. The van der Waals surface area contributed by atoms with Gasteiger partial charge < -0.3 is 14.1 Å². The maximum absolute atomic E-state index is 12.4. The van der Waals surface area contributed by atoms with Crippen molar-refractivity contribution in [1.82, 2.24) is 0 Å². The summed E-state index contributed by atoms with van der Waals surface area (Å²) in [6.45, 7) is 0.632. The van der Waals surface area contributed by atoms with Crippen molar-refractivity contribution in [1.29, 1.82) is 0 Å². The average molecular weight is 408 g/mol. The number of Topliss-reactive ketones (excluding diaryl/α,β-unsaturated/α-hetero) is 1. The van der Waals surface area contributed by atoms with E-state index in [9.17, 15) is 19.7 Å². The van der Waals surface area contributed by atoms with Gasteiger partial charge in [-0.1, -0.05) is 30.3 Å². The van der Waals surface area contributed by atoms with Crippen molar-refractivity contribution < 1.29 is 23.7 Å². The number of esters is 1. The first-order valence-electron chi connectivity index (χ1n) is 9.69. The van der Waals surface area contributed by atoms with Crippen LogP contribution in [-0.4, -0.2) is 36.4 Å². The largest absolute Gasteiger partial charge is 0.457 e. The number of nitro benzene ring substituents is 1. The van der Waals surface area contributed by atoms with Crippen LogP contribution in [0.4, 0.5) is 11.4 Å². The Kier molecular flexibility index (Phi) is 5.47. The van der Waals surface area contributed by atoms with Gasteiger partial charge in [0.2, 0.25) is 5.78 Å². The number of nitrogens with zero attached hydrogens (tertiary/aromatic N) is 2. The normalized spacial score (nSPS) is 14.6. The Labute approximate surface area is 172 Å². The number of anilines is 1. The lowest BCUT2D eigenvalue weighted by molar-refractivity contribution is -0.384. The molecule has 4 rings (SSSR count). The molecule has 0 saturated carbocycles. The first kappa shape index (κ1) is 19.6. The zero-order chi connectivity index (χ0) is 21.1. The summed E-state index contributed by atoms with van der Waals surface area (Å²) in [5, 5.41) is 12.0. The molecule has 0 atom stereocenters. The Hall–Kier alpha value is -3.68. The van der Waals surface area contributed by atoms with Gasteiger partial charge in [0.1, 0.15) is 11.3 Å². The lowest BCUT2D eigenvalue weighted by Gasteiger charge is -2.32. The smallest absolute Gasteiger partial charge is 0.309 e. The Morgan fingerprint density at radius 2 is 1.80 bits per heavy atom. The number of fused-ring (bicyclic) bond motifs is 1. The second kappa shape index (κ2) is 8.36. The number of para-hydroxylation sites is 3. The van der Waals surface area contributed by atoms with Crippen molar-refractivity contribution in [2.24, 2.45) is 5.92 Å².